The van der Waals surface area contributed by atoms with Crippen LogP contribution in [0, 0.1) is 10.1 Å². The largest absolute Gasteiger partial charge is 0.399 e. The predicted molar refractivity (Wildman–Crippen MR) is 65.2 cm³/mol. The average Bonchev–Trinajstić information content (AvgIpc) is 2.64. The predicted octanol–water partition coefficient (Wildman–Crippen LogP) is 2.49. The maximum Gasteiger partial charge on any atom is 0.280 e. The van der Waals surface area contributed by atoms with Gasteiger partial charge in [-0.3, -0.25) is 10.1 Å². The van der Waals surface area contributed by atoms with Gasteiger partial charge in [0.25, 0.3) is 5.69 Å². The summed E-state index contributed by atoms with van der Waals surface area (Å²) in [5, 5.41) is 12.0. The van der Waals surface area contributed by atoms with Gasteiger partial charge in [-0.05, 0) is 23.8 Å². The highest BCUT2D eigenvalue weighted by Crippen LogP contribution is 2.32. The van der Waals surface area contributed by atoms with Gasteiger partial charge in [0.2, 0.25) is 0 Å². The molecule has 5 nitrogen and oxygen atoms in total. The molecule has 4 N–H and O–H groups in total. The minimum absolute atomic E-state index is 0.0843. The Balaban J connectivity index is 2.46. The van der Waals surface area contributed by atoms with Crippen LogP contribution in [0.4, 0.5) is 17.1 Å². The average molecular weight is 235 g/mol. The van der Waals surface area contributed by atoms with E-state index in [0.29, 0.717) is 11.4 Å². The molecule has 2 aromatic rings. The Morgan fingerprint density at radius 3 is 2.25 bits per heavy atom. The van der Waals surface area contributed by atoms with Crippen LogP contribution in [-0.4, -0.2) is 4.92 Å². The first-order valence-electron chi connectivity index (χ1n) is 4.45. The van der Waals surface area contributed by atoms with Crippen molar-refractivity contribution in [1.82, 2.24) is 0 Å². The number of hydrogen-bond donors (Lipinski definition) is 2. The lowest BCUT2D eigenvalue weighted by Gasteiger charge is -2.01. The van der Waals surface area contributed by atoms with Crippen LogP contribution >= 0.6 is 11.3 Å². The molecule has 0 aliphatic heterocycles. The molecule has 0 saturated heterocycles. The summed E-state index contributed by atoms with van der Waals surface area (Å²) in [7, 11) is 0. The third-order valence-corrected chi connectivity index (χ3v) is 3.03. The Bertz CT molecular complexity index is 530. The van der Waals surface area contributed by atoms with E-state index in [1.165, 1.54) is 22.8 Å². The van der Waals surface area contributed by atoms with Crippen molar-refractivity contribution in [2.45, 2.75) is 0 Å². The topological polar surface area (TPSA) is 95.2 Å². The van der Waals surface area contributed by atoms with Gasteiger partial charge in [-0.15, -0.1) is 11.3 Å². The summed E-state index contributed by atoms with van der Waals surface area (Å²) in [6.07, 6.45) is 0. The van der Waals surface area contributed by atoms with E-state index in [0.717, 1.165) is 10.4 Å². The summed E-state index contributed by atoms with van der Waals surface area (Å²) >= 11 is 1.30. The summed E-state index contributed by atoms with van der Waals surface area (Å²) in [5.74, 6) is 0. The zero-order valence-electron chi connectivity index (χ0n) is 8.21. The monoisotopic (exact) mass is 235 g/mol. The number of rotatable bonds is 2. The zero-order valence-corrected chi connectivity index (χ0v) is 9.03. The van der Waals surface area contributed by atoms with Crippen LogP contribution in [0.5, 0.6) is 0 Å². The second-order valence-electron chi connectivity index (χ2n) is 3.31. The fourth-order valence-electron chi connectivity index (χ4n) is 1.39. The van der Waals surface area contributed by atoms with Gasteiger partial charge < -0.3 is 11.5 Å². The van der Waals surface area contributed by atoms with Crippen molar-refractivity contribution < 1.29 is 4.92 Å². The molecule has 0 aliphatic carbocycles. The third-order valence-electron chi connectivity index (χ3n) is 2.06. The lowest BCUT2D eigenvalue weighted by atomic mass is 10.1. The van der Waals surface area contributed by atoms with Crippen molar-refractivity contribution in [2.75, 3.05) is 11.5 Å². The Labute approximate surface area is 95.5 Å². The van der Waals surface area contributed by atoms with Gasteiger partial charge in [0.05, 0.1) is 10.3 Å². The minimum atomic E-state index is -0.421. The number of nitro groups is 1. The number of hydrogen-bond acceptors (Lipinski definition) is 5. The Morgan fingerprint density at radius 2 is 1.75 bits per heavy atom. The van der Waals surface area contributed by atoms with Crippen molar-refractivity contribution in [1.29, 1.82) is 0 Å². The highest BCUT2D eigenvalue weighted by molar-refractivity contribution is 7.14. The maximum atomic E-state index is 10.5. The second kappa shape index (κ2) is 3.82. The molecule has 0 radical (unpaired) electrons. The van der Waals surface area contributed by atoms with Crippen molar-refractivity contribution in [2.24, 2.45) is 0 Å². The first-order chi connectivity index (χ1) is 7.56. The number of nitrogens with two attached hydrogens (primary N) is 2. The van der Waals surface area contributed by atoms with Gasteiger partial charge in [0.15, 0.2) is 0 Å². The maximum absolute atomic E-state index is 10.5. The second-order valence-corrected chi connectivity index (χ2v) is 4.23. The molecule has 0 saturated carbocycles. The molecule has 0 aliphatic rings. The van der Waals surface area contributed by atoms with E-state index in [4.69, 9.17) is 11.5 Å². The molecular formula is C10H9N3O2S. The van der Waals surface area contributed by atoms with E-state index < -0.39 is 4.92 Å². The van der Waals surface area contributed by atoms with Gasteiger partial charge in [-0.25, -0.2) is 0 Å². The van der Waals surface area contributed by atoms with E-state index in [2.05, 4.69) is 0 Å². The van der Waals surface area contributed by atoms with Crippen molar-refractivity contribution in [3.63, 3.8) is 0 Å². The number of nitrogen functional groups attached to an aromatic ring is 2. The van der Waals surface area contributed by atoms with Gasteiger partial charge >= 0.3 is 0 Å². The van der Waals surface area contributed by atoms with Crippen LogP contribution in [0.3, 0.4) is 0 Å². The molecule has 82 valence electrons. The quantitative estimate of drug-likeness (QED) is 0.475. The number of nitrogens with zero attached hydrogens (tertiary/aromatic N) is 1. The van der Waals surface area contributed by atoms with E-state index in [-0.39, 0.29) is 5.69 Å². The van der Waals surface area contributed by atoms with E-state index >= 15 is 0 Å². The molecule has 2 rings (SSSR count). The van der Waals surface area contributed by atoms with Crippen LogP contribution in [0.25, 0.3) is 10.4 Å². The lowest BCUT2D eigenvalue weighted by molar-refractivity contribution is -0.384. The SMILES string of the molecule is Nc1cc(N)cc(-c2cc([N+](=O)[O-])cs2)c1. The Kier molecular flexibility index (Phi) is 2.49. The molecule has 1 aromatic heterocycles. The number of thiophene rings is 1. The van der Waals surface area contributed by atoms with Crippen molar-refractivity contribution >= 4 is 28.4 Å². The highest BCUT2D eigenvalue weighted by atomic mass is 32.1. The fraction of sp³-hybridized carbons (Fsp3) is 0. The molecule has 0 atom stereocenters. The molecule has 0 amide bonds. The number of benzene rings is 1. The molecule has 0 spiro atoms. The van der Waals surface area contributed by atoms with Crippen LogP contribution in [0.15, 0.2) is 29.6 Å². The number of anilines is 2. The van der Waals surface area contributed by atoms with Crippen molar-refractivity contribution in [3.8, 4) is 10.4 Å². The van der Waals surface area contributed by atoms with Gasteiger partial charge in [-0.2, -0.15) is 0 Å². The molecule has 6 heteroatoms. The molecule has 1 heterocycles. The van der Waals surface area contributed by atoms with E-state index in [1.54, 1.807) is 18.2 Å². The molecule has 0 bridgehead atoms. The summed E-state index contributed by atoms with van der Waals surface area (Å²) < 4.78 is 0. The van der Waals surface area contributed by atoms with Gasteiger partial charge in [0.1, 0.15) is 0 Å². The van der Waals surface area contributed by atoms with Crippen LogP contribution < -0.4 is 11.5 Å². The zero-order chi connectivity index (χ0) is 11.7. The fourth-order valence-corrected chi connectivity index (χ4v) is 2.24. The van der Waals surface area contributed by atoms with Crippen LogP contribution in [0.2, 0.25) is 0 Å². The minimum Gasteiger partial charge on any atom is -0.399 e. The standard InChI is InChI=1S/C10H9N3O2S/c11-7-1-6(2-8(12)3-7)10-4-9(5-16-10)13(14)15/h1-5H,11-12H2. The summed E-state index contributed by atoms with van der Waals surface area (Å²) in [4.78, 5) is 10.9. The van der Waals surface area contributed by atoms with Gasteiger partial charge in [0, 0.05) is 22.3 Å². The first kappa shape index (κ1) is 10.4. The normalized spacial score (nSPS) is 10.2. The smallest absolute Gasteiger partial charge is 0.280 e. The molecule has 16 heavy (non-hydrogen) atoms. The van der Waals surface area contributed by atoms with E-state index in [9.17, 15) is 10.1 Å². The summed E-state index contributed by atoms with van der Waals surface area (Å²) in [5.41, 5.74) is 13.3. The first-order valence-corrected chi connectivity index (χ1v) is 5.33. The molecular weight excluding hydrogens is 226 g/mol. The summed E-state index contributed by atoms with van der Waals surface area (Å²) in [6.45, 7) is 0. The molecule has 1 aromatic carbocycles. The highest BCUT2D eigenvalue weighted by Gasteiger charge is 2.11. The van der Waals surface area contributed by atoms with Crippen LogP contribution in [0.1, 0.15) is 0 Å². The molecule has 0 unspecified atom stereocenters. The molecule has 0 fully saturated rings. The van der Waals surface area contributed by atoms with Gasteiger partial charge in [-0.1, -0.05) is 0 Å². The summed E-state index contributed by atoms with van der Waals surface area (Å²) in [6, 6.07) is 6.64. The third kappa shape index (κ3) is 1.96. The lowest BCUT2D eigenvalue weighted by Crippen LogP contribution is -1.90. The Morgan fingerprint density at radius 1 is 1.12 bits per heavy atom. The van der Waals surface area contributed by atoms with E-state index in [1.807, 2.05) is 0 Å². The van der Waals surface area contributed by atoms with Crippen molar-refractivity contribution in [3.05, 3.63) is 39.8 Å². The van der Waals surface area contributed by atoms with Crippen LogP contribution in [-0.2, 0) is 0 Å². The Hall–Kier alpha value is -2.08.